The van der Waals surface area contributed by atoms with Crippen molar-refractivity contribution in [3.8, 4) is 5.69 Å². The molecule has 0 fully saturated rings. The zero-order chi connectivity index (χ0) is 22.1. The number of likely N-dealkylation sites (N-methyl/N-ethyl adjacent to an activating group) is 1. The SMILES string of the molecule is CN(CC(=O)Nc1c(Cl)cccc1Cl)C(=O)c1nn(-c2ccc(F)cc2)c2c1CCC2. The highest BCUT2D eigenvalue weighted by Gasteiger charge is 2.29. The fourth-order valence-corrected chi connectivity index (χ4v) is 4.16. The number of hydrogen-bond acceptors (Lipinski definition) is 3. The highest BCUT2D eigenvalue weighted by Crippen LogP contribution is 2.30. The summed E-state index contributed by atoms with van der Waals surface area (Å²) in [5.41, 5.74) is 3.11. The summed E-state index contributed by atoms with van der Waals surface area (Å²) < 4.78 is 15.0. The first-order valence-electron chi connectivity index (χ1n) is 9.71. The summed E-state index contributed by atoms with van der Waals surface area (Å²) in [6.45, 7) is -0.196. The Morgan fingerprint density at radius 2 is 1.81 bits per heavy atom. The van der Waals surface area contributed by atoms with Crippen LogP contribution in [0, 0.1) is 5.82 Å². The third-order valence-corrected chi connectivity index (χ3v) is 5.79. The lowest BCUT2D eigenvalue weighted by atomic mass is 10.2. The number of para-hydroxylation sites is 1. The summed E-state index contributed by atoms with van der Waals surface area (Å²) in [5.74, 6) is -1.13. The number of rotatable bonds is 5. The van der Waals surface area contributed by atoms with E-state index in [2.05, 4.69) is 10.4 Å². The van der Waals surface area contributed by atoms with Crippen LogP contribution in [0.1, 0.15) is 28.2 Å². The van der Waals surface area contributed by atoms with E-state index in [1.165, 1.54) is 24.1 Å². The van der Waals surface area contributed by atoms with Crippen LogP contribution in [-0.2, 0) is 17.6 Å². The van der Waals surface area contributed by atoms with Gasteiger partial charge in [0.15, 0.2) is 5.69 Å². The number of hydrogen-bond donors (Lipinski definition) is 1. The number of fused-ring (bicyclic) bond motifs is 1. The molecule has 6 nitrogen and oxygen atoms in total. The largest absolute Gasteiger partial charge is 0.331 e. The molecule has 1 aromatic heterocycles. The molecule has 0 radical (unpaired) electrons. The second-order valence-corrected chi connectivity index (χ2v) is 8.14. The molecule has 0 bridgehead atoms. The first kappa shape index (κ1) is 21.3. The van der Waals surface area contributed by atoms with Gasteiger partial charge in [0.2, 0.25) is 5.91 Å². The van der Waals surface area contributed by atoms with Crippen LogP contribution in [-0.4, -0.2) is 40.1 Å². The number of anilines is 1. The Kier molecular flexibility index (Phi) is 5.98. The molecule has 4 rings (SSSR count). The molecular formula is C22H19Cl2FN4O2. The van der Waals surface area contributed by atoms with E-state index in [-0.39, 0.29) is 18.3 Å². The number of carbonyl (C=O) groups is 2. The van der Waals surface area contributed by atoms with Crippen LogP contribution >= 0.6 is 23.2 Å². The number of nitrogens with zero attached hydrogens (tertiary/aromatic N) is 3. The highest BCUT2D eigenvalue weighted by atomic mass is 35.5. The summed E-state index contributed by atoms with van der Waals surface area (Å²) >= 11 is 12.2. The maximum atomic E-state index is 13.3. The molecule has 1 N–H and O–H groups in total. The Morgan fingerprint density at radius 1 is 1.13 bits per heavy atom. The van der Waals surface area contributed by atoms with Crippen LogP contribution in [0.4, 0.5) is 10.1 Å². The number of benzene rings is 2. The molecule has 0 atom stereocenters. The minimum atomic E-state index is -0.430. The molecule has 31 heavy (non-hydrogen) atoms. The zero-order valence-corrected chi connectivity index (χ0v) is 18.2. The van der Waals surface area contributed by atoms with Gasteiger partial charge in [-0.05, 0) is 55.7 Å². The molecule has 1 aliphatic carbocycles. The first-order chi connectivity index (χ1) is 14.8. The fraction of sp³-hybridized carbons (Fsp3) is 0.227. The maximum absolute atomic E-state index is 13.3. The van der Waals surface area contributed by atoms with Gasteiger partial charge in [-0.15, -0.1) is 0 Å². The molecule has 9 heteroatoms. The van der Waals surface area contributed by atoms with E-state index in [0.29, 0.717) is 27.1 Å². The predicted octanol–water partition coefficient (Wildman–Crippen LogP) is 4.52. The lowest BCUT2D eigenvalue weighted by molar-refractivity contribution is -0.116. The third kappa shape index (κ3) is 4.29. The van der Waals surface area contributed by atoms with Crippen molar-refractivity contribution in [1.82, 2.24) is 14.7 Å². The Labute approximate surface area is 188 Å². The van der Waals surface area contributed by atoms with Crippen molar-refractivity contribution in [2.45, 2.75) is 19.3 Å². The molecule has 0 aliphatic heterocycles. The first-order valence-corrected chi connectivity index (χ1v) is 10.5. The van der Waals surface area contributed by atoms with Crippen LogP contribution in [0.15, 0.2) is 42.5 Å². The molecule has 1 aliphatic rings. The quantitative estimate of drug-likeness (QED) is 0.608. The van der Waals surface area contributed by atoms with Gasteiger partial charge in [-0.25, -0.2) is 9.07 Å². The minimum absolute atomic E-state index is 0.196. The number of aromatic nitrogens is 2. The number of nitrogens with one attached hydrogen (secondary N) is 1. The van der Waals surface area contributed by atoms with E-state index in [0.717, 1.165) is 30.5 Å². The number of amides is 2. The summed E-state index contributed by atoms with van der Waals surface area (Å²) in [5, 5.41) is 7.77. The van der Waals surface area contributed by atoms with Crippen molar-refractivity contribution in [2.24, 2.45) is 0 Å². The van der Waals surface area contributed by atoms with E-state index < -0.39 is 5.91 Å². The van der Waals surface area contributed by atoms with Crippen LogP contribution in [0.3, 0.4) is 0 Å². The van der Waals surface area contributed by atoms with Crippen LogP contribution in [0.25, 0.3) is 5.69 Å². The maximum Gasteiger partial charge on any atom is 0.274 e. The van der Waals surface area contributed by atoms with Gasteiger partial charge >= 0.3 is 0 Å². The molecule has 0 saturated carbocycles. The molecule has 2 aromatic carbocycles. The summed E-state index contributed by atoms with van der Waals surface area (Å²) in [4.78, 5) is 26.9. The molecule has 2 amide bonds. The van der Waals surface area contributed by atoms with Crippen molar-refractivity contribution in [2.75, 3.05) is 18.9 Å². The molecule has 0 saturated heterocycles. The average Bonchev–Trinajstić information content (AvgIpc) is 3.34. The number of halogens is 3. The highest BCUT2D eigenvalue weighted by molar-refractivity contribution is 6.39. The second-order valence-electron chi connectivity index (χ2n) is 7.32. The normalized spacial score (nSPS) is 12.5. The summed E-state index contributed by atoms with van der Waals surface area (Å²) in [6, 6.07) is 10.9. The van der Waals surface area contributed by atoms with Crippen LogP contribution in [0.2, 0.25) is 10.0 Å². The minimum Gasteiger partial charge on any atom is -0.331 e. The van der Waals surface area contributed by atoms with Crippen molar-refractivity contribution in [3.63, 3.8) is 0 Å². The van der Waals surface area contributed by atoms with Gasteiger partial charge < -0.3 is 10.2 Å². The lowest BCUT2D eigenvalue weighted by Crippen LogP contribution is -2.35. The van der Waals surface area contributed by atoms with Gasteiger partial charge in [0.05, 0.1) is 28.0 Å². The second kappa shape index (κ2) is 8.69. The zero-order valence-electron chi connectivity index (χ0n) is 16.7. The monoisotopic (exact) mass is 460 g/mol. The number of carbonyl (C=O) groups excluding carboxylic acids is 2. The van der Waals surface area contributed by atoms with Gasteiger partial charge in [-0.3, -0.25) is 9.59 Å². The van der Waals surface area contributed by atoms with Crippen molar-refractivity contribution < 1.29 is 14.0 Å². The van der Waals surface area contributed by atoms with Gasteiger partial charge in [0, 0.05) is 18.3 Å². The Bertz CT molecular complexity index is 1140. The van der Waals surface area contributed by atoms with Crippen molar-refractivity contribution in [3.05, 3.63) is 75.3 Å². The smallest absolute Gasteiger partial charge is 0.274 e. The molecular weight excluding hydrogens is 442 g/mol. The fourth-order valence-electron chi connectivity index (χ4n) is 3.67. The molecule has 1 heterocycles. The van der Waals surface area contributed by atoms with E-state index >= 15 is 0 Å². The van der Waals surface area contributed by atoms with Crippen molar-refractivity contribution >= 4 is 40.7 Å². The predicted molar refractivity (Wildman–Crippen MR) is 118 cm³/mol. The lowest BCUT2D eigenvalue weighted by Gasteiger charge is -2.17. The van der Waals surface area contributed by atoms with E-state index in [9.17, 15) is 14.0 Å². The van der Waals surface area contributed by atoms with Crippen molar-refractivity contribution in [1.29, 1.82) is 0 Å². The summed E-state index contributed by atoms with van der Waals surface area (Å²) in [7, 11) is 1.54. The third-order valence-electron chi connectivity index (χ3n) is 5.16. The Hall–Kier alpha value is -2.90. The standard InChI is InChI=1S/C22H19Cl2FN4O2/c1-28(12-19(30)26-21-16(23)5-3-6-17(21)24)22(31)20-15-4-2-7-18(15)29(27-20)14-10-8-13(25)9-11-14/h3,5-6,8-11H,2,4,7,12H2,1H3,(H,26,30). The Balaban J connectivity index is 1.53. The van der Waals surface area contributed by atoms with Gasteiger partial charge in [-0.2, -0.15) is 5.10 Å². The molecule has 3 aromatic rings. The van der Waals surface area contributed by atoms with E-state index in [1.807, 2.05) is 0 Å². The van der Waals surface area contributed by atoms with Crippen LogP contribution in [0.5, 0.6) is 0 Å². The van der Waals surface area contributed by atoms with Crippen LogP contribution < -0.4 is 5.32 Å². The molecule has 0 unspecified atom stereocenters. The topological polar surface area (TPSA) is 67.2 Å². The average molecular weight is 461 g/mol. The van der Waals surface area contributed by atoms with E-state index in [1.54, 1.807) is 35.0 Å². The van der Waals surface area contributed by atoms with Gasteiger partial charge in [-0.1, -0.05) is 29.3 Å². The Morgan fingerprint density at radius 3 is 2.48 bits per heavy atom. The van der Waals surface area contributed by atoms with Gasteiger partial charge in [0.25, 0.3) is 5.91 Å². The molecule has 0 spiro atoms. The van der Waals surface area contributed by atoms with Gasteiger partial charge in [0.1, 0.15) is 5.82 Å². The van der Waals surface area contributed by atoms with E-state index in [4.69, 9.17) is 23.2 Å². The molecule has 160 valence electrons. The summed E-state index contributed by atoms with van der Waals surface area (Å²) in [6.07, 6.45) is 2.42.